The van der Waals surface area contributed by atoms with Gasteiger partial charge in [-0.1, -0.05) is 12.8 Å². The summed E-state index contributed by atoms with van der Waals surface area (Å²) in [6, 6.07) is 0. The molecule has 1 aliphatic carbocycles. The molecule has 3 N–H and O–H groups in total. The number of aromatic nitrogens is 2. The van der Waals surface area contributed by atoms with E-state index in [4.69, 9.17) is 5.73 Å². The number of hydrogen-bond donors (Lipinski definition) is 2. The minimum absolute atomic E-state index is 0.177. The molecule has 1 aromatic rings. The topological polar surface area (TPSA) is 63.8 Å². The number of nitrogens with zero attached hydrogens (tertiary/aromatic N) is 2. The molecule has 0 radical (unpaired) electrons. The normalized spacial score (nSPS) is 19.5. The molecule has 0 amide bonds. The van der Waals surface area contributed by atoms with Gasteiger partial charge in [0.2, 0.25) is 5.95 Å². The van der Waals surface area contributed by atoms with Gasteiger partial charge in [0.25, 0.3) is 0 Å². The molecule has 1 aliphatic rings. The summed E-state index contributed by atoms with van der Waals surface area (Å²) in [4.78, 5) is 8.28. The van der Waals surface area contributed by atoms with E-state index in [0.717, 1.165) is 0 Å². The summed E-state index contributed by atoms with van der Waals surface area (Å²) in [5.41, 5.74) is 6.30. The van der Waals surface area contributed by atoms with Gasteiger partial charge in [0, 0.05) is 5.54 Å². The highest BCUT2D eigenvalue weighted by molar-refractivity contribution is 5.37. The van der Waals surface area contributed by atoms with Crippen molar-refractivity contribution in [1.82, 2.24) is 9.97 Å². The minimum atomic E-state index is 0.177. The minimum Gasteiger partial charge on any atom is -0.396 e. The van der Waals surface area contributed by atoms with Crippen molar-refractivity contribution >= 4 is 11.6 Å². The molecule has 4 heteroatoms. The average Bonchev–Trinajstić information content (AvgIpc) is 2.57. The SMILES string of the molecule is CC1(Nc2ncc(N)cn2)CCCC1. The largest absolute Gasteiger partial charge is 0.396 e. The van der Waals surface area contributed by atoms with E-state index in [9.17, 15) is 0 Å². The highest BCUT2D eigenvalue weighted by atomic mass is 15.1. The van der Waals surface area contributed by atoms with Crippen LogP contribution < -0.4 is 11.1 Å². The molecule has 0 spiro atoms. The smallest absolute Gasteiger partial charge is 0.223 e. The van der Waals surface area contributed by atoms with Gasteiger partial charge in [0.15, 0.2) is 0 Å². The Kier molecular flexibility index (Phi) is 2.27. The molecule has 14 heavy (non-hydrogen) atoms. The van der Waals surface area contributed by atoms with Crippen LogP contribution in [0.1, 0.15) is 32.6 Å². The quantitative estimate of drug-likeness (QED) is 0.750. The van der Waals surface area contributed by atoms with E-state index >= 15 is 0 Å². The fourth-order valence-electron chi connectivity index (χ4n) is 1.95. The summed E-state index contributed by atoms with van der Waals surface area (Å²) < 4.78 is 0. The Morgan fingerprint density at radius 1 is 1.29 bits per heavy atom. The Morgan fingerprint density at radius 3 is 2.43 bits per heavy atom. The van der Waals surface area contributed by atoms with Gasteiger partial charge in [-0.3, -0.25) is 0 Å². The van der Waals surface area contributed by atoms with Gasteiger partial charge in [-0.05, 0) is 19.8 Å². The van der Waals surface area contributed by atoms with Crippen molar-refractivity contribution in [3.05, 3.63) is 12.4 Å². The molecule has 4 nitrogen and oxygen atoms in total. The lowest BCUT2D eigenvalue weighted by molar-refractivity contribution is 0.528. The summed E-state index contributed by atoms with van der Waals surface area (Å²) in [5, 5.41) is 3.37. The zero-order valence-corrected chi connectivity index (χ0v) is 8.45. The lowest BCUT2D eigenvalue weighted by atomic mass is 10.0. The molecule has 1 heterocycles. The third kappa shape index (κ3) is 1.95. The van der Waals surface area contributed by atoms with Gasteiger partial charge in [0.05, 0.1) is 18.1 Å². The van der Waals surface area contributed by atoms with Crippen molar-refractivity contribution in [3.8, 4) is 0 Å². The molecule has 76 valence electrons. The Hall–Kier alpha value is -1.32. The van der Waals surface area contributed by atoms with Gasteiger partial charge in [0.1, 0.15) is 0 Å². The maximum atomic E-state index is 5.52. The van der Waals surface area contributed by atoms with Crippen molar-refractivity contribution < 1.29 is 0 Å². The van der Waals surface area contributed by atoms with E-state index in [1.165, 1.54) is 25.7 Å². The summed E-state index contributed by atoms with van der Waals surface area (Å²) >= 11 is 0. The van der Waals surface area contributed by atoms with E-state index in [1.807, 2.05) is 0 Å². The maximum absolute atomic E-state index is 5.52. The number of rotatable bonds is 2. The molecule has 0 aliphatic heterocycles. The second kappa shape index (κ2) is 3.44. The first-order valence-electron chi connectivity index (χ1n) is 5.04. The van der Waals surface area contributed by atoms with E-state index < -0.39 is 0 Å². The van der Waals surface area contributed by atoms with E-state index in [1.54, 1.807) is 12.4 Å². The van der Waals surface area contributed by atoms with Crippen molar-refractivity contribution in [2.24, 2.45) is 0 Å². The predicted octanol–water partition coefficient (Wildman–Crippen LogP) is 1.80. The van der Waals surface area contributed by atoms with Gasteiger partial charge < -0.3 is 11.1 Å². The maximum Gasteiger partial charge on any atom is 0.223 e. The Balaban J connectivity index is 2.06. The van der Waals surface area contributed by atoms with Crippen molar-refractivity contribution in [1.29, 1.82) is 0 Å². The average molecular weight is 192 g/mol. The van der Waals surface area contributed by atoms with Gasteiger partial charge in [-0.25, -0.2) is 9.97 Å². The standard InChI is InChI=1S/C10H16N4/c1-10(4-2-3-5-10)14-9-12-6-8(11)7-13-9/h6-7H,2-5,11H2,1H3,(H,12,13,14). The van der Waals surface area contributed by atoms with Crippen LogP contribution in [0, 0.1) is 0 Å². The lowest BCUT2D eigenvalue weighted by Crippen LogP contribution is -2.31. The van der Waals surface area contributed by atoms with Gasteiger partial charge >= 0.3 is 0 Å². The Morgan fingerprint density at radius 2 is 1.86 bits per heavy atom. The molecule has 0 unspecified atom stereocenters. The van der Waals surface area contributed by atoms with Crippen molar-refractivity contribution in [2.45, 2.75) is 38.1 Å². The number of hydrogen-bond acceptors (Lipinski definition) is 4. The second-order valence-electron chi connectivity index (χ2n) is 4.23. The Bertz CT molecular complexity index is 300. The summed E-state index contributed by atoms with van der Waals surface area (Å²) in [7, 11) is 0. The van der Waals surface area contributed by atoms with Gasteiger partial charge in [-0.15, -0.1) is 0 Å². The zero-order chi connectivity index (χ0) is 10.0. The van der Waals surface area contributed by atoms with Crippen LogP contribution in [0.2, 0.25) is 0 Å². The van der Waals surface area contributed by atoms with E-state index in [-0.39, 0.29) is 5.54 Å². The molecular weight excluding hydrogens is 176 g/mol. The molecule has 0 bridgehead atoms. The zero-order valence-electron chi connectivity index (χ0n) is 8.45. The van der Waals surface area contributed by atoms with Crippen molar-refractivity contribution in [2.75, 3.05) is 11.1 Å². The summed E-state index contributed by atoms with van der Waals surface area (Å²) in [6.45, 7) is 2.22. The second-order valence-corrected chi connectivity index (χ2v) is 4.23. The van der Waals surface area contributed by atoms with Crippen LogP contribution >= 0.6 is 0 Å². The third-order valence-electron chi connectivity index (χ3n) is 2.79. The first-order valence-corrected chi connectivity index (χ1v) is 5.04. The van der Waals surface area contributed by atoms with Crippen LogP contribution in [0.4, 0.5) is 11.6 Å². The molecule has 1 saturated carbocycles. The van der Waals surface area contributed by atoms with Crippen LogP contribution in [0.25, 0.3) is 0 Å². The first kappa shape index (κ1) is 9.24. The highest BCUT2D eigenvalue weighted by Crippen LogP contribution is 2.31. The number of nitrogen functional groups attached to an aromatic ring is 1. The first-order chi connectivity index (χ1) is 6.68. The van der Waals surface area contributed by atoms with Crippen LogP contribution in [0.5, 0.6) is 0 Å². The predicted molar refractivity (Wildman–Crippen MR) is 56.9 cm³/mol. The molecule has 0 aromatic carbocycles. The monoisotopic (exact) mass is 192 g/mol. The van der Waals surface area contributed by atoms with Gasteiger partial charge in [-0.2, -0.15) is 0 Å². The van der Waals surface area contributed by atoms with Crippen LogP contribution in [0.15, 0.2) is 12.4 Å². The van der Waals surface area contributed by atoms with E-state index in [0.29, 0.717) is 11.6 Å². The Labute approximate surface area is 83.9 Å². The van der Waals surface area contributed by atoms with Crippen molar-refractivity contribution in [3.63, 3.8) is 0 Å². The fourth-order valence-corrected chi connectivity index (χ4v) is 1.95. The summed E-state index contributed by atoms with van der Waals surface area (Å²) in [6.07, 6.45) is 8.24. The molecule has 0 saturated heterocycles. The van der Waals surface area contributed by atoms with Crippen LogP contribution in [-0.4, -0.2) is 15.5 Å². The van der Waals surface area contributed by atoms with Crippen LogP contribution in [-0.2, 0) is 0 Å². The number of nitrogens with two attached hydrogens (primary N) is 1. The molecule has 2 rings (SSSR count). The number of anilines is 2. The fraction of sp³-hybridized carbons (Fsp3) is 0.600. The van der Waals surface area contributed by atoms with Crippen LogP contribution in [0.3, 0.4) is 0 Å². The van der Waals surface area contributed by atoms with E-state index in [2.05, 4.69) is 22.2 Å². The molecule has 1 aromatic heterocycles. The third-order valence-corrected chi connectivity index (χ3v) is 2.79. The number of nitrogens with one attached hydrogen (secondary N) is 1. The highest BCUT2D eigenvalue weighted by Gasteiger charge is 2.28. The summed E-state index contributed by atoms with van der Waals surface area (Å²) in [5.74, 6) is 0.684. The molecular formula is C10H16N4. The lowest BCUT2D eigenvalue weighted by Gasteiger charge is -2.24. The molecule has 1 fully saturated rings. The molecule has 0 atom stereocenters.